The lowest BCUT2D eigenvalue weighted by molar-refractivity contribution is 0.215. The van der Waals surface area contributed by atoms with Crippen LogP contribution >= 0.6 is 23.4 Å². The van der Waals surface area contributed by atoms with Gasteiger partial charge in [-0.25, -0.2) is 4.79 Å². The Bertz CT molecular complexity index is 631. The molecule has 0 radical (unpaired) electrons. The van der Waals surface area contributed by atoms with Crippen LogP contribution in [-0.2, 0) is 0 Å². The molecule has 0 atom stereocenters. The summed E-state index contributed by atoms with van der Waals surface area (Å²) in [7, 11) is 1.51. The normalized spacial score (nSPS) is 10.0. The maximum Gasteiger partial charge on any atom is 0.417 e. The molecule has 0 aliphatic heterocycles. The lowest BCUT2D eigenvalue weighted by atomic mass is 10.3. The van der Waals surface area contributed by atoms with Gasteiger partial charge in [0.05, 0.1) is 12.8 Å². The lowest BCUT2D eigenvalue weighted by Crippen LogP contribution is -2.17. The molecule has 0 saturated carbocycles. The molecular formula is C15H14ClNO3S. The molecule has 0 aliphatic carbocycles. The predicted molar refractivity (Wildman–Crippen MR) is 85.9 cm³/mol. The fourth-order valence-electron chi connectivity index (χ4n) is 1.66. The minimum absolute atomic E-state index is 0.454. The number of methoxy groups -OCH3 is 1. The zero-order chi connectivity index (χ0) is 15.2. The van der Waals surface area contributed by atoms with E-state index in [9.17, 15) is 4.79 Å². The van der Waals surface area contributed by atoms with Crippen molar-refractivity contribution in [1.29, 1.82) is 0 Å². The zero-order valence-corrected chi connectivity index (χ0v) is 13.1. The fraction of sp³-hybridized carbons (Fsp3) is 0.133. The van der Waals surface area contributed by atoms with Crippen LogP contribution in [0.5, 0.6) is 11.5 Å². The van der Waals surface area contributed by atoms with Crippen molar-refractivity contribution in [2.45, 2.75) is 4.90 Å². The maximum atomic E-state index is 11.9. The van der Waals surface area contributed by atoms with E-state index in [1.807, 2.05) is 18.4 Å². The molecule has 1 amide bonds. The number of amides is 1. The number of hydrogen-bond acceptors (Lipinski definition) is 4. The molecule has 2 rings (SSSR count). The maximum absolute atomic E-state index is 11.9. The van der Waals surface area contributed by atoms with Gasteiger partial charge < -0.3 is 9.47 Å². The largest absolute Gasteiger partial charge is 0.495 e. The molecule has 0 spiro atoms. The Morgan fingerprint density at radius 2 is 1.90 bits per heavy atom. The summed E-state index contributed by atoms with van der Waals surface area (Å²) in [5.41, 5.74) is 0.454. The molecule has 2 aromatic carbocycles. The molecule has 0 fully saturated rings. The fourth-order valence-corrected chi connectivity index (χ4v) is 2.24. The average Bonchev–Trinajstić information content (AvgIpc) is 2.48. The molecule has 2 aromatic rings. The van der Waals surface area contributed by atoms with E-state index >= 15 is 0 Å². The van der Waals surface area contributed by atoms with Crippen LogP contribution in [0.2, 0.25) is 5.02 Å². The summed E-state index contributed by atoms with van der Waals surface area (Å²) in [6.07, 6.45) is 1.38. The van der Waals surface area contributed by atoms with Crippen LogP contribution in [0.15, 0.2) is 47.4 Å². The van der Waals surface area contributed by atoms with Gasteiger partial charge in [-0.1, -0.05) is 11.6 Å². The minimum atomic E-state index is -0.604. The SMILES string of the molecule is COc1ccc(Cl)cc1NC(=O)Oc1ccc(SC)cc1. The van der Waals surface area contributed by atoms with E-state index in [1.165, 1.54) is 7.11 Å². The number of ether oxygens (including phenoxy) is 2. The predicted octanol–water partition coefficient (Wildman–Crippen LogP) is 4.68. The second-order valence-corrected chi connectivity index (χ2v) is 5.35. The van der Waals surface area contributed by atoms with Crippen molar-refractivity contribution in [3.8, 4) is 11.5 Å². The number of rotatable bonds is 4. The molecule has 1 N–H and O–H groups in total. The molecule has 21 heavy (non-hydrogen) atoms. The molecule has 0 unspecified atom stereocenters. The summed E-state index contributed by atoms with van der Waals surface area (Å²) in [5, 5.41) is 3.10. The van der Waals surface area contributed by atoms with Crippen LogP contribution in [0.3, 0.4) is 0 Å². The van der Waals surface area contributed by atoms with Crippen LogP contribution in [0, 0.1) is 0 Å². The summed E-state index contributed by atoms with van der Waals surface area (Å²) in [4.78, 5) is 13.0. The average molecular weight is 324 g/mol. The van der Waals surface area contributed by atoms with Gasteiger partial charge in [-0.05, 0) is 48.7 Å². The van der Waals surface area contributed by atoms with E-state index in [0.717, 1.165) is 4.90 Å². The van der Waals surface area contributed by atoms with Crippen molar-refractivity contribution in [3.05, 3.63) is 47.5 Å². The van der Waals surface area contributed by atoms with Crippen molar-refractivity contribution in [2.75, 3.05) is 18.7 Å². The Balaban J connectivity index is 2.05. The second kappa shape index (κ2) is 7.24. The highest BCUT2D eigenvalue weighted by Crippen LogP contribution is 2.28. The summed E-state index contributed by atoms with van der Waals surface area (Å²) >= 11 is 7.52. The van der Waals surface area contributed by atoms with Crippen molar-refractivity contribution < 1.29 is 14.3 Å². The molecule has 0 saturated heterocycles. The van der Waals surface area contributed by atoms with Crippen molar-refractivity contribution in [2.24, 2.45) is 0 Å². The number of benzene rings is 2. The van der Waals surface area contributed by atoms with Crippen LogP contribution in [-0.4, -0.2) is 19.5 Å². The number of thioether (sulfide) groups is 1. The first-order chi connectivity index (χ1) is 10.1. The van der Waals surface area contributed by atoms with E-state index in [1.54, 1.807) is 42.1 Å². The Morgan fingerprint density at radius 3 is 2.52 bits per heavy atom. The van der Waals surface area contributed by atoms with Crippen LogP contribution in [0.25, 0.3) is 0 Å². The number of carbonyl (C=O) groups is 1. The summed E-state index contributed by atoms with van der Waals surface area (Å²) in [6.45, 7) is 0. The van der Waals surface area contributed by atoms with Gasteiger partial charge in [0.1, 0.15) is 11.5 Å². The Morgan fingerprint density at radius 1 is 1.19 bits per heavy atom. The van der Waals surface area contributed by atoms with Crippen molar-refractivity contribution in [1.82, 2.24) is 0 Å². The van der Waals surface area contributed by atoms with E-state index < -0.39 is 6.09 Å². The van der Waals surface area contributed by atoms with Crippen LogP contribution in [0.4, 0.5) is 10.5 Å². The van der Waals surface area contributed by atoms with Crippen LogP contribution < -0.4 is 14.8 Å². The first-order valence-electron chi connectivity index (χ1n) is 6.09. The third kappa shape index (κ3) is 4.31. The summed E-state index contributed by atoms with van der Waals surface area (Å²) in [6, 6.07) is 12.2. The topological polar surface area (TPSA) is 47.6 Å². The van der Waals surface area contributed by atoms with Gasteiger partial charge in [0, 0.05) is 9.92 Å². The number of hydrogen-bond donors (Lipinski definition) is 1. The van der Waals surface area contributed by atoms with E-state index in [0.29, 0.717) is 22.2 Å². The number of nitrogens with one attached hydrogen (secondary N) is 1. The molecule has 0 aromatic heterocycles. The first kappa shape index (κ1) is 15.5. The zero-order valence-electron chi connectivity index (χ0n) is 11.6. The molecule has 6 heteroatoms. The Kier molecular flexibility index (Phi) is 5.36. The second-order valence-electron chi connectivity index (χ2n) is 4.03. The third-order valence-electron chi connectivity index (χ3n) is 2.67. The molecule has 0 heterocycles. The Hall–Kier alpha value is -1.85. The quantitative estimate of drug-likeness (QED) is 0.830. The summed E-state index contributed by atoms with van der Waals surface area (Å²) in [5.74, 6) is 0.973. The van der Waals surface area contributed by atoms with Gasteiger partial charge in [-0.15, -0.1) is 11.8 Å². The van der Waals surface area contributed by atoms with Gasteiger partial charge in [0.2, 0.25) is 0 Å². The number of anilines is 1. The third-order valence-corrected chi connectivity index (χ3v) is 3.65. The van der Waals surface area contributed by atoms with Crippen molar-refractivity contribution in [3.63, 3.8) is 0 Å². The highest BCUT2D eigenvalue weighted by molar-refractivity contribution is 7.98. The van der Waals surface area contributed by atoms with Gasteiger partial charge in [0.25, 0.3) is 0 Å². The molecule has 0 bridgehead atoms. The van der Waals surface area contributed by atoms with E-state index in [2.05, 4.69) is 5.32 Å². The number of carbonyl (C=O) groups excluding carboxylic acids is 1. The molecule has 0 aliphatic rings. The lowest BCUT2D eigenvalue weighted by Gasteiger charge is -2.11. The van der Waals surface area contributed by atoms with Gasteiger partial charge in [-0.2, -0.15) is 0 Å². The van der Waals surface area contributed by atoms with Crippen molar-refractivity contribution >= 4 is 35.1 Å². The summed E-state index contributed by atoms with van der Waals surface area (Å²) < 4.78 is 10.3. The van der Waals surface area contributed by atoms with Gasteiger partial charge >= 0.3 is 6.09 Å². The smallest absolute Gasteiger partial charge is 0.417 e. The number of halogens is 1. The molecule has 110 valence electrons. The highest BCUT2D eigenvalue weighted by Gasteiger charge is 2.10. The molecular weight excluding hydrogens is 310 g/mol. The molecule has 4 nitrogen and oxygen atoms in total. The van der Waals surface area contributed by atoms with Crippen LogP contribution in [0.1, 0.15) is 0 Å². The van der Waals surface area contributed by atoms with E-state index in [-0.39, 0.29) is 0 Å². The highest BCUT2D eigenvalue weighted by atomic mass is 35.5. The standard InChI is InChI=1S/C15H14ClNO3S/c1-19-14-8-3-10(16)9-13(14)17-15(18)20-11-4-6-12(21-2)7-5-11/h3-9H,1-2H3,(H,17,18). The Labute approximate surface area is 132 Å². The minimum Gasteiger partial charge on any atom is -0.495 e. The van der Waals surface area contributed by atoms with E-state index in [4.69, 9.17) is 21.1 Å². The monoisotopic (exact) mass is 323 g/mol. The van der Waals surface area contributed by atoms with Gasteiger partial charge in [-0.3, -0.25) is 5.32 Å². The first-order valence-corrected chi connectivity index (χ1v) is 7.69. The van der Waals surface area contributed by atoms with Gasteiger partial charge in [0.15, 0.2) is 0 Å².